The van der Waals surface area contributed by atoms with Crippen LogP contribution in [0.1, 0.15) is 18.1 Å². The molecule has 1 N–H and O–H groups in total. The minimum atomic E-state index is -0.168. The van der Waals surface area contributed by atoms with Crippen molar-refractivity contribution in [3.63, 3.8) is 0 Å². The maximum absolute atomic E-state index is 11.9. The topological polar surface area (TPSA) is 47.6 Å². The largest absolute Gasteiger partial charge is 0.493 e. The van der Waals surface area contributed by atoms with Crippen molar-refractivity contribution in [3.05, 3.63) is 53.6 Å². The van der Waals surface area contributed by atoms with E-state index in [1.54, 1.807) is 0 Å². The van der Waals surface area contributed by atoms with Crippen molar-refractivity contribution in [2.75, 3.05) is 18.5 Å². The van der Waals surface area contributed by atoms with Crippen LogP contribution in [0.4, 0.5) is 5.69 Å². The Morgan fingerprint density at radius 3 is 2.82 bits per heavy atom. The number of hydrogen-bond donors (Lipinski definition) is 1. The quantitative estimate of drug-likeness (QED) is 0.922. The lowest BCUT2D eigenvalue weighted by Crippen LogP contribution is -2.20. The lowest BCUT2D eigenvalue weighted by atomic mass is 10.1. The fourth-order valence-electron chi connectivity index (χ4n) is 2.43. The molecule has 1 aliphatic rings. The summed E-state index contributed by atoms with van der Waals surface area (Å²) in [5, 5.41) is 2.84. The summed E-state index contributed by atoms with van der Waals surface area (Å²) in [6, 6.07) is 13.5. The number of rotatable bonds is 5. The average molecular weight is 297 g/mol. The van der Waals surface area contributed by atoms with Gasteiger partial charge in [-0.2, -0.15) is 0 Å². The summed E-state index contributed by atoms with van der Waals surface area (Å²) in [4.78, 5) is 11.9. The molecule has 22 heavy (non-hydrogen) atoms. The molecule has 0 spiro atoms. The van der Waals surface area contributed by atoms with E-state index < -0.39 is 0 Å². The third kappa shape index (κ3) is 3.39. The van der Waals surface area contributed by atoms with Crippen molar-refractivity contribution < 1.29 is 14.3 Å². The van der Waals surface area contributed by atoms with Gasteiger partial charge in [-0.1, -0.05) is 19.1 Å². The Morgan fingerprint density at radius 1 is 1.23 bits per heavy atom. The van der Waals surface area contributed by atoms with Crippen LogP contribution in [0.25, 0.3) is 0 Å². The molecule has 2 aromatic rings. The third-order valence-corrected chi connectivity index (χ3v) is 3.67. The first kappa shape index (κ1) is 14.4. The van der Waals surface area contributed by atoms with Crippen molar-refractivity contribution >= 4 is 11.6 Å². The maximum Gasteiger partial charge on any atom is 0.262 e. The standard InChI is InChI=1S/C18H19NO3/c1-2-13-3-6-16(7-4-13)22-12-18(20)19-15-5-8-17-14(11-15)9-10-21-17/h3-8,11H,2,9-10,12H2,1H3,(H,19,20). The Morgan fingerprint density at radius 2 is 2.05 bits per heavy atom. The molecule has 1 amide bonds. The first-order valence-electron chi connectivity index (χ1n) is 7.52. The Kier molecular flexibility index (Phi) is 4.28. The van der Waals surface area contributed by atoms with Gasteiger partial charge < -0.3 is 14.8 Å². The number of hydrogen-bond acceptors (Lipinski definition) is 3. The number of carbonyl (C=O) groups excluding carboxylic acids is 1. The summed E-state index contributed by atoms with van der Waals surface area (Å²) in [6.45, 7) is 2.81. The van der Waals surface area contributed by atoms with Gasteiger partial charge in [-0.3, -0.25) is 4.79 Å². The van der Waals surface area contributed by atoms with E-state index in [1.807, 2.05) is 42.5 Å². The summed E-state index contributed by atoms with van der Waals surface area (Å²) in [5.74, 6) is 1.44. The second-order valence-electron chi connectivity index (χ2n) is 5.26. The molecule has 0 fully saturated rings. The second-order valence-corrected chi connectivity index (χ2v) is 5.26. The molecule has 0 bridgehead atoms. The number of anilines is 1. The highest BCUT2D eigenvalue weighted by Gasteiger charge is 2.13. The number of nitrogens with one attached hydrogen (secondary N) is 1. The molecule has 2 aromatic carbocycles. The maximum atomic E-state index is 11.9. The first-order valence-corrected chi connectivity index (χ1v) is 7.52. The lowest BCUT2D eigenvalue weighted by Gasteiger charge is -2.09. The molecule has 1 heterocycles. The number of benzene rings is 2. The number of amides is 1. The van der Waals surface area contributed by atoms with Crippen molar-refractivity contribution in [1.29, 1.82) is 0 Å². The van der Waals surface area contributed by atoms with Crippen LogP contribution < -0.4 is 14.8 Å². The van der Waals surface area contributed by atoms with Gasteiger partial charge in [0, 0.05) is 12.1 Å². The average Bonchev–Trinajstić information content (AvgIpc) is 3.01. The van der Waals surface area contributed by atoms with Gasteiger partial charge in [0.1, 0.15) is 11.5 Å². The van der Waals surface area contributed by atoms with Crippen LogP contribution in [0.5, 0.6) is 11.5 Å². The highest BCUT2D eigenvalue weighted by molar-refractivity contribution is 5.92. The molecule has 1 aliphatic heterocycles. The van der Waals surface area contributed by atoms with Gasteiger partial charge in [-0.15, -0.1) is 0 Å². The molecule has 4 nitrogen and oxygen atoms in total. The second kappa shape index (κ2) is 6.52. The van der Waals surface area contributed by atoms with E-state index in [1.165, 1.54) is 5.56 Å². The smallest absolute Gasteiger partial charge is 0.262 e. The summed E-state index contributed by atoms with van der Waals surface area (Å²) in [6.07, 6.45) is 1.88. The Hall–Kier alpha value is -2.49. The molecule has 3 rings (SSSR count). The van der Waals surface area contributed by atoms with Crippen LogP contribution in [0, 0.1) is 0 Å². The van der Waals surface area contributed by atoms with Gasteiger partial charge in [-0.05, 0) is 47.9 Å². The van der Waals surface area contributed by atoms with Gasteiger partial charge in [-0.25, -0.2) is 0 Å². The highest BCUT2D eigenvalue weighted by Crippen LogP contribution is 2.27. The molecule has 0 radical (unpaired) electrons. The molecule has 0 saturated heterocycles. The zero-order valence-electron chi connectivity index (χ0n) is 12.6. The van der Waals surface area contributed by atoms with Crippen molar-refractivity contribution in [2.24, 2.45) is 0 Å². The minimum Gasteiger partial charge on any atom is -0.493 e. The molecule has 0 saturated carbocycles. The van der Waals surface area contributed by atoms with Crippen molar-refractivity contribution in [1.82, 2.24) is 0 Å². The fraction of sp³-hybridized carbons (Fsp3) is 0.278. The van der Waals surface area contributed by atoms with Gasteiger partial charge >= 0.3 is 0 Å². The van der Waals surface area contributed by atoms with Crippen LogP contribution in [0.2, 0.25) is 0 Å². The van der Waals surface area contributed by atoms with Gasteiger partial charge in [0.2, 0.25) is 0 Å². The van der Waals surface area contributed by atoms with Crippen LogP contribution >= 0.6 is 0 Å². The lowest BCUT2D eigenvalue weighted by molar-refractivity contribution is -0.118. The molecule has 0 aromatic heterocycles. The predicted molar refractivity (Wildman–Crippen MR) is 85.6 cm³/mol. The zero-order chi connectivity index (χ0) is 15.4. The SMILES string of the molecule is CCc1ccc(OCC(=O)Nc2ccc3c(c2)CCO3)cc1. The molecule has 0 atom stereocenters. The van der Waals surface area contributed by atoms with Crippen molar-refractivity contribution in [2.45, 2.75) is 19.8 Å². The number of ether oxygens (including phenoxy) is 2. The van der Waals surface area contributed by atoms with Gasteiger partial charge in [0.05, 0.1) is 6.61 Å². The fourth-order valence-corrected chi connectivity index (χ4v) is 2.43. The van der Waals surface area contributed by atoms with E-state index in [0.29, 0.717) is 12.4 Å². The van der Waals surface area contributed by atoms with E-state index in [4.69, 9.17) is 9.47 Å². The predicted octanol–water partition coefficient (Wildman–Crippen LogP) is 3.20. The van der Waals surface area contributed by atoms with Gasteiger partial charge in [0.25, 0.3) is 5.91 Å². The van der Waals surface area contributed by atoms with E-state index in [2.05, 4.69) is 12.2 Å². The van der Waals surface area contributed by atoms with Crippen LogP contribution in [-0.2, 0) is 17.6 Å². The first-order chi connectivity index (χ1) is 10.7. The van der Waals surface area contributed by atoms with Gasteiger partial charge in [0.15, 0.2) is 6.61 Å². The molecule has 114 valence electrons. The van der Waals surface area contributed by atoms with E-state index in [-0.39, 0.29) is 12.5 Å². The highest BCUT2D eigenvalue weighted by atomic mass is 16.5. The number of carbonyl (C=O) groups is 1. The normalized spacial score (nSPS) is 12.4. The summed E-state index contributed by atoms with van der Waals surface area (Å²) in [5.41, 5.74) is 3.16. The molecule has 0 unspecified atom stereocenters. The molecular formula is C18H19NO3. The Labute approximate surface area is 130 Å². The summed E-state index contributed by atoms with van der Waals surface area (Å²) >= 11 is 0. The van der Waals surface area contributed by atoms with E-state index in [0.717, 1.165) is 29.8 Å². The third-order valence-electron chi connectivity index (χ3n) is 3.67. The van der Waals surface area contributed by atoms with E-state index >= 15 is 0 Å². The molecular weight excluding hydrogens is 278 g/mol. The van der Waals surface area contributed by atoms with Crippen LogP contribution in [-0.4, -0.2) is 19.1 Å². The van der Waals surface area contributed by atoms with Crippen LogP contribution in [0.15, 0.2) is 42.5 Å². The minimum absolute atomic E-state index is 0.000936. The summed E-state index contributed by atoms with van der Waals surface area (Å²) < 4.78 is 10.9. The molecule has 0 aliphatic carbocycles. The summed E-state index contributed by atoms with van der Waals surface area (Å²) in [7, 11) is 0. The monoisotopic (exact) mass is 297 g/mol. The molecule has 4 heteroatoms. The number of fused-ring (bicyclic) bond motifs is 1. The zero-order valence-corrected chi connectivity index (χ0v) is 12.6. The van der Waals surface area contributed by atoms with Crippen molar-refractivity contribution in [3.8, 4) is 11.5 Å². The van der Waals surface area contributed by atoms with E-state index in [9.17, 15) is 4.79 Å². The van der Waals surface area contributed by atoms with Crippen LogP contribution in [0.3, 0.4) is 0 Å². The Bertz CT molecular complexity index is 665. The Balaban J connectivity index is 1.53. The number of aryl methyl sites for hydroxylation is 1.